The Morgan fingerprint density at radius 1 is 1.43 bits per heavy atom. The van der Waals surface area contributed by atoms with Crippen molar-refractivity contribution in [2.75, 3.05) is 12.3 Å². The second-order valence-electron chi connectivity index (χ2n) is 6.54. The van der Waals surface area contributed by atoms with Crippen molar-refractivity contribution in [3.8, 4) is 0 Å². The maximum atomic E-state index is 12.3. The van der Waals surface area contributed by atoms with Gasteiger partial charge in [-0.05, 0) is 37.2 Å². The number of thiophene rings is 1. The number of nitrogens with zero attached hydrogens (tertiary/aromatic N) is 2. The van der Waals surface area contributed by atoms with Crippen molar-refractivity contribution in [3.63, 3.8) is 0 Å². The Morgan fingerprint density at radius 2 is 2.10 bits per heavy atom. The summed E-state index contributed by atoms with van der Waals surface area (Å²) in [5.41, 5.74) is 8.89. The Bertz CT molecular complexity index is 735. The van der Waals surface area contributed by atoms with Gasteiger partial charge in [-0.15, -0.1) is 16.4 Å². The monoisotopic (exact) mass is 304 g/mol. The molecule has 1 aliphatic carbocycles. The van der Waals surface area contributed by atoms with Crippen molar-refractivity contribution in [2.45, 2.75) is 34.1 Å². The van der Waals surface area contributed by atoms with Crippen LogP contribution < -0.4 is 11.1 Å². The van der Waals surface area contributed by atoms with E-state index in [4.69, 9.17) is 5.73 Å². The molecule has 0 radical (unpaired) electrons. The Morgan fingerprint density at radius 3 is 2.71 bits per heavy atom. The number of anilines is 1. The summed E-state index contributed by atoms with van der Waals surface area (Å²) in [5.74, 6) is 0.469. The van der Waals surface area contributed by atoms with Gasteiger partial charge in [-0.25, -0.2) is 0 Å². The molecule has 112 valence electrons. The number of carbonyl (C=O) groups is 1. The van der Waals surface area contributed by atoms with Crippen LogP contribution in [0.1, 0.15) is 41.2 Å². The molecule has 6 heteroatoms. The fourth-order valence-electron chi connectivity index (χ4n) is 2.63. The summed E-state index contributed by atoms with van der Waals surface area (Å²) < 4.78 is 0. The van der Waals surface area contributed by atoms with Crippen molar-refractivity contribution in [3.05, 3.63) is 16.1 Å². The second-order valence-corrected chi connectivity index (χ2v) is 7.53. The van der Waals surface area contributed by atoms with Gasteiger partial charge >= 0.3 is 0 Å². The quantitative estimate of drug-likeness (QED) is 0.913. The molecule has 0 saturated heterocycles. The van der Waals surface area contributed by atoms with Crippen LogP contribution in [0, 0.1) is 25.2 Å². The first-order valence-electron chi connectivity index (χ1n) is 7.11. The molecule has 1 saturated carbocycles. The van der Waals surface area contributed by atoms with E-state index in [9.17, 15) is 4.79 Å². The number of hydrogen-bond acceptors (Lipinski definition) is 5. The Labute approximate surface area is 127 Å². The summed E-state index contributed by atoms with van der Waals surface area (Å²) in [6, 6.07) is 0. The van der Waals surface area contributed by atoms with Crippen molar-refractivity contribution >= 4 is 33.1 Å². The van der Waals surface area contributed by atoms with Gasteiger partial charge < -0.3 is 11.1 Å². The summed E-state index contributed by atoms with van der Waals surface area (Å²) in [6.45, 7) is 9.01. The van der Waals surface area contributed by atoms with Crippen LogP contribution in [0.5, 0.6) is 0 Å². The zero-order valence-corrected chi connectivity index (χ0v) is 13.6. The van der Waals surface area contributed by atoms with E-state index < -0.39 is 0 Å². The van der Waals surface area contributed by atoms with E-state index in [-0.39, 0.29) is 5.91 Å². The minimum atomic E-state index is -0.102. The first-order chi connectivity index (χ1) is 9.81. The number of fused-ring (bicyclic) bond motifs is 1. The average molecular weight is 304 g/mol. The maximum absolute atomic E-state index is 12.3. The summed E-state index contributed by atoms with van der Waals surface area (Å²) in [4.78, 5) is 13.6. The van der Waals surface area contributed by atoms with E-state index in [1.165, 1.54) is 17.8 Å². The van der Waals surface area contributed by atoms with Crippen molar-refractivity contribution < 1.29 is 4.79 Å². The number of rotatable bonds is 3. The summed E-state index contributed by atoms with van der Waals surface area (Å²) in [5, 5.41) is 12.1. The lowest BCUT2D eigenvalue weighted by Gasteiger charge is -2.06. The largest absolute Gasteiger partial charge is 0.397 e. The topological polar surface area (TPSA) is 80.9 Å². The molecule has 5 nitrogen and oxygen atoms in total. The first kappa shape index (κ1) is 14.3. The van der Waals surface area contributed by atoms with Crippen LogP contribution >= 0.6 is 11.3 Å². The lowest BCUT2D eigenvalue weighted by atomic mass is 10.1. The fraction of sp³-hybridized carbons (Fsp3) is 0.533. The molecular formula is C15H20N4OS. The van der Waals surface area contributed by atoms with Crippen molar-refractivity contribution in [2.24, 2.45) is 11.3 Å². The molecule has 0 spiro atoms. The molecular weight excluding hydrogens is 284 g/mol. The first-order valence-corrected chi connectivity index (χ1v) is 7.93. The number of nitrogens with two attached hydrogens (primary N) is 1. The molecule has 0 aromatic carbocycles. The molecule has 2 aromatic rings. The van der Waals surface area contributed by atoms with E-state index in [0.29, 0.717) is 28.4 Å². The molecule has 1 fully saturated rings. The van der Waals surface area contributed by atoms with Gasteiger partial charge in [0.15, 0.2) is 0 Å². The number of amides is 1. The van der Waals surface area contributed by atoms with Crippen LogP contribution in [0.2, 0.25) is 0 Å². The standard InChI is InChI=1S/C15H20N4OS/c1-7-8(2)18-19-14-10(7)11(16)12(21-14)13(20)17-6-9-5-15(9,3)4/h9H,5-6,16H2,1-4H3,(H,17,20). The normalized spacial score (nSPS) is 19.7. The molecule has 2 aromatic heterocycles. The van der Waals surface area contributed by atoms with Gasteiger partial charge in [-0.2, -0.15) is 5.10 Å². The van der Waals surface area contributed by atoms with Crippen LogP contribution in [-0.4, -0.2) is 22.6 Å². The highest BCUT2D eigenvalue weighted by Gasteiger charge is 2.45. The molecule has 1 amide bonds. The minimum Gasteiger partial charge on any atom is -0.397 e. The van der Waals surface area contributed by atoms with E-state index in [0.717, 1.165) is 21.5 Å². The molecule has 21 heavy (non-hydrogen) atoms. The van der Waals surface area contributed by atoms with Crippen molar-refractivity contribution in [1.82, 2.24) is 15.5 Å². The SMILES string of the molecule is Cc1nnc2sc(C(=O)NCC3CC3(C)C)c(N)c2c1C. The number of nitrogen functional groups attached to an aromatic ring is 1. The molecule has 1 unspecified atom stereocenters. The molecule has 1 atom stereocenters. The molecule has 1 aliphatic rings. The van der Waals surface area contributed by atoms with Crippen LogP contribution in [0.15, 0.2) is 0 Å². The highest BCUT2D eigenvalue weighted by atomic mass is 32.1. The van der Waals surface area contributed by atoms with E-state index in [2.05, 4.69) is 29.4 Å². The summed E-state index contributed by atoms with van der Waals surface area (Å²) >= 11 is 1.32. The van der Waals surface area contributed by atoms with E-state index >= 15 is 0 Å². The predicted molar refractivity (Wildman–Crippen MR) is 85.5 cm³/mol. The lowest BCUT2D eigenvalue weighted by Crippen LogP contribution is -2.26. The maximum Gasteiger partial charge on any atom is 0.263 e. The number of aryl methyl sites for hydroxylation is 2. The van der Waals surface area contributed by atoms with Crippen LogP contribution in [0.4, 0.5) is 5.69 Å². The Balaban J connectivity index is 1.85. The molecule has 2 heterocycles. The van der Waals surface area contributed by atoms with Crippen LogP contribution in [0.3, 0.4) is 0 Å². The van der Waals surface area contributed by atoms with Gasteiger partial charge in [0.25, 0.3) is 5.91 Å². The summed E-state index contributed by atoms with van der Waals surface area (Å²) in [7, 11) is 0. The van der Waals surface area contributed by atoms with Crippen molar-refractivity contribution in [1.29, 1.82) is 0 Å². The van der Waals surface area contributed by atoms with E-state index in [1.54, 1.807) is 0 Å². The minimum absolute atomic E-state index is 0.102. The number of hydrogen-bond donors (Lipinski definition) is 2. The zero-order chi connectivity index (χ0) is 15.4. The van der Waals surface area contributed by atoms with Crippen LogP contribution in [0.25, 0.3) is 10.2 Å². The number of nitrogens with one attached hydrogen (secondary N) is 1. The van der Waals surface area contributed by atoms with Gasteiger partial charge in [-0.3, -0.25) is 4.79 Å². The Hall–Kier alpha value is -1.69. The third-order valence-electron chi connectivity index (χ3n) is 4.57. The highest BCUT2D eigenvalue weighted by molar-refractivity contribution is 7.21. The Kier molecular flexibility index (Phi) is 3.16. The van der Waals surface area contributed by atoms with Gasteiger partial charge in [0.1, 0.15) is 9.71 Å². The number of aromatic nitrogens is 2. The van der Waals surface area contributed by atoms with Gasteiger partial charge in [0.05, 0.1) is 11.4 Å². The van der Waals surface area contributed by atoms with E-state index in [1.807, 2.05) is 13.8 Å². The predicted octanol–water partition coefficient (Wildman–Crippen LogP) is 2.67. The molecule has 0 bridgehead atoms. The zero-order valence-electron chi connectivity index (χ0n) is 12.8. The molecule has 3 rings (SSSR count). The average Bonchev–Trinajstić information content (AvgIpc) is 2.88. The van der Waals surface area contributed by atoms with Gasteiger partial charge in [0, 0.05) is 11.9 Å². The third-order valence-corrected chi connectivity index (χ3v) is 5.66. The third kappa shape index (κ3) is 2.37. The highest BCUT2D eigenvalue weighted by Crippen LogP contribution is 2.51. The lowest BCUT2D eigenvalue weighted by molar-refractivity contribution is 0.0955. The van der Waals surface area contributed by atoms with Crippen LogP contribution in [-0.2, 0) is 0 Å². The van der Waals surface area contributed by atoms with Gasteiger partial charge in [-0.1, -0.05) is 13.8 Å². The van der Waals surface area contributed by atoms with Gasteiger partial charge in [0.2, 0.25) is 0 Å². The molecule has 0 aliphatic heterocycles. The summed E-state index contributed by atoms with van der Waals surface area (Å²) in [6.07, 6.45) is 1.17. The number of carbonyl (C=O) groups excluding carboxylic acids is 1. The molecule has 3 N–H and O–H groups in total. The second kappa shape index (κ2) is 4.66. The fourth-order valence-corrected chi connectivity index (χ4v) is 3.65. The smallest absolute Gasteiger partial charge is 0.263 e.